The van der Waals surface area contributed by atoms with Gasteiger partial charge in [0.2, 0.25) is 0 Å². The summed E-state index contributed by atoms with van der Waals surface area (Å²) in [6.45, 7) is 3.16. The number of anilines is 1. The van der Waals surface area contributed by atoms with Gasteiger partial charge in [0.05, 0.1) is 6.54 Å². The smallest absolute Gasteiger partial charge is 0.313 e. The number of benzene rings is 1. The molecule has 6 nitrogen and oxygen atoms in total. The summed E-state index contributed by atoms with van der Waals surface area (Å²) in [6, 6.07) is 9.07. The second kappa shape index (κ2) is 6.72. The summed E-state index contributed by atoms with van der Waals surface area (Å²) >= 11 is 0. The summed E-state index contributed by atoms with van der Waals surface area (Å²) in [6.07, 6.45) is 3.18. The molecule has 1 heterocycles. The van der Waals surface area contributed by atoms with E-state index >= 15 is 0 Å². The van der Waals surface area contributed by atoms with E-state index in [0.717, 1.165) is 19.3 Å². The monoisotopic (exact) mass is 342 g/mol. The fraction of sp³-hybridized carbons (Fsp3) is 0.368. The molecule has 1 atom stereocenters. The van der Waals surface area contributed by atoms with Gasteiger partial charge in [0.15, 0.2) is 0 Å². The standard InChI is InChI=1S/C19H22N2O4/c1-12-6-9-16(25-12)19(2,24)11-20-17(22)18(23)21-15-8-7-13-4-3-5-14(13)10-15/h6-10,24H,3-5,11H2,1-2H3,(H,20,22)(H,21,23). The van der Waals surface area contributed by atoms with E-state index in [1.54, 1.807) is 25.1 Å². The van der Waals surface area contributed by atoms with E-state index in [9.17, 15) is 14.7 Å². The Morgan fingerprint density at radius 1 is 1.16 bits per heavy atom. The Morgan fingerprint density at radius 2 is 1.92 bits per heavy atom. The number of furan rings is 1. The van der Waals surface area contributed by atoms with Crippen molar-refractivity contribution in [2.75, 3.05) is 11.9 Å². The van der Waals surface area contributed by atoms with Crippen molar-refractivity contribution in [3.05, 3.63) is 53.0 Å². The molecule has 0 spiro atoms. The zero-order valence-corrected chi connectivity index (χ0v) is 14.4. The quantitative estimate of drug-likeness (QED) is 0.742. The van der Waals surface area contributed by atoms with Crippen LogP contribution in [-0.2, 0) is 28.0 Å². The molecule has 0 saturated carbocycles. The number of fused-ring (bicyclic) bond motifs is 1. The van der Waals surface area contributed by atoms with Crippen molar-refractivity contribution < 1.29 is 19.1 Å². The first kappa shape index (κ1) is 17.2. The molecule has 0 saturated heterocycles. The number of rotatable bonds is 4. The van der Waals surface area contributed by atoms with Crippen molar-refractivity contribution >= 4 is 17.5 Å². The summed E-state index contributed by atoms with van der Waals surface area (Å²) < 4.78 is 5.38. The highest BCUT2D eigenvalue weighted by atomic mass is 16.4. The van der Waals surface area contributed by atoms with Gasteiger partial charge in [-0.2, -0.15) is 0 Å². The van der Waals surface area contributed by atoms with Crippen LogP contribution in [0.25, 0.3) is 0 Å². The zero-order valence-electron chi connectivity index (χ0n) is 14.4. The lowest BCUT2D eigenvalue weighted by molar-refractivity contribution is -0.136. The Balaban J connectivity index is 1.57. The molecular formula is C19H22N2O4. The van der Waals surface area contributed by atoms with E-state index < -0.39 is 17.4 Å². The van der Waals surface area contributed by atoms with Crippen molar-refractivity contribution in [3.8, 4) is 0 Å². The van der Waals surface area contributed by atoms with Crippen LogP contribution in [0, 0.1) is 6.92 Å². The lowest BCUT2D eigenvalue weighted by Gasteiger charge is -2.21. The van der Waals surface area contributed by atoms with Gasteiger partial charge in [-0.1, -0.05) is 6.07 Å². The maximum Gasteiger partial charge on any atom is 0.313 e. The Kier molecular flexibility index (Phi) is 4.63. The largest absolute Gasteiger partial charge is 0.463 e. The lowest BCUT2D eigenvalue weighted by Crippen LogP contribution is -2.43. The number of carbonyl (C=O) groups excluding carboxylic acids is 2. The van der Waals surface area contributed by atoms with Gasteiger partial charge < -0.3 is 20.2 Å². The SMILES string of the molecule is Cc1ccc(C(C)(O)CNC(=O)C(=O)Nc2ccc3c(c2)CCC3)o1. The zero-order chi connectivity index (χ0) is 18.0. The highest BCUT2D eigenvalue weighted by molar-refractivity contribution is 6.39. The second-order valence-electron chi connectivity index (χ2n) is 6.66. The van der Waals surface area contributed by atoms with Gasteiger partial charge in [-0.25, -0.2) is 0 Å². The first-order valence-corrected chi connectivity index (χ1v) is 8.35. The molecule has 1 aliphatic rings. The van der Waals surface area contributed by atoms with Crippen LogP contribution in [0.4, 0.5) is 5.69 Å². The van der Waals surface area contributed by atoms with Crippen LogP contribution in [0.5, 0.6) is 0 Å². The predicted octanol–water partition coefficient (Wildman–Crippen LogP) is 2.04. The third kappa shape index (κ3) is 3.91. The van der Waals surface area contributed by atoms with Crippen molar-refractivity contribution in [3.63, 3.8) is 0 Å². The van der Waals surface area contributed by atoms with Gasteiger partial charge in [0.25, 0.3) is 0 Å². The van der Waals surface area contributed by atoms with E-state index in [2.05, 4.69) is 10.6 Å². The molecule has 25 heavy (non-hydrogen) atoms. The Labute approximate surface area is 146 Å². The molecule has 2 aromatic rings. The van der Waals surface area contributed by atoms with Crippen LogP contribution in [0.3, 0.4) is 0 Å². The molecule has 0 bridgehead atoms. The van der Waals surface area contributed by atoms with E-state index in [0.29, 0.717) is 17.2 Å². The summed E-state index contributed by atoms with van der Waals surface area (Å²) in [5.41, 5.74) is 1.73. The third-order valence-electron chi connectivity index (χ3n) is 4.43. The van der Waals surface area contributed by atoms with Gasteiger partial charge >= 0.3 is 11.8 Å². The molecule has 0 radical (unpaired) electrons. The Morgan fingerprint density at radius 3 is 2.64 bits per heavy atom. The van der Waals surface area contributed by atoms with E-state index in [4.69, 9.17) is 4.42 Å². The summed E-state index contributed by atoms with van der Waals surface area (Å²) in [4.78, 5) is 24.0. The number of aryl methyl sites for hydroxylation is 3. The summed E-state index contributed by atoms with van der Waals surface area (Å²) in [5, 5.41) is 15.4. The van der Waals surface area contributed by atoms with Crippen LogP contribution in [-0.4, -0.2) is 23.5 Å². The summed E-state index contributed by atoms with van der Waals surface area (Å²) in [7, 11) is 0. The highest BCUT2D eigenvalue weighted by Gasteiger charge is 2.28. The van der Waals surface area contributed by atoms with Crippen molar-refractivity contribution in [1.29, 1.82) is 0 Å². The fourth-order valence-corrected chi connectivity index (χ4v) is 2.98. The van der Waals surface area contributed by atoms with Gasteiger partial charge in [0, 0.05) is 5.69 Å². The van der Waals surface area contributed by atoms with E-state index in [1.165, 1.54) is 18.1 Å². The minimum absolute atomic E-state index is 0.129. The van der Waals surface area contributed by atoms with Crippen molar-refractivity contribution in [1.82, 2.24) is 5.32 Å². The summed E-state index contributed by atoms with van der Waals surface area (Å²) in [5.74, 6) is -0.561. The average molecular weight is 342 g/mol. The van der Waals surface area contributed by atoms with Crippen LogP contribution < -0.4 is 10.6 Å². The number of aliphatic hydroxyl groups is 1. The van der Waals surface area contributed by atoms with Gasteiger partial charge in [-0.05, 0) is 68.5 Å². The first-order valence-electron chi connectivity index (χ1n) is 8.35. The maximum absolute atomic E-state index is 12.0. The van der Waals surface area contributed by atoms with Gasteiger partial charge in [-0.3, -0.25) is 9.59 Å². The number of amides is 2. The molecule has 1 unspecified atom stereocenters. The minimum Gasteiger partial charge on any atom is -0.463 e. The van der Waals surface area contributed by atoms with Crippen LogP contribution in [0.15, 0.2) is 34.7 Å². The molecule has 1 aromatic heterocycles. The molecule has 6 heteroatoms. The number of hydrogen-bond acceptors (Lipinski definition) is 4. The number of carbonyl (C=O) groups is 2. The van der Waals surface area contributed by atoms with Crippen LogP contribution in [0.2, 0.25) is 0 Å². The normalized spacial score (nSPS) is 15.3. The number of hydrogen-bond donors (Lipinski definition) is 3. The highest BCUT2D eigenvalue weighted by Crippen LogP contribution is 2.25. The van der Waals surface area contributed by atoms with Crippen LogP contribution >= 0.6 is 0 Å². The first-order chi connectivity index (χ1) is 11.8. The van der Waals surface area contributed by atoms with Crippen molar-refractivity contribution in [2.45, 2.75) is 38.7 Å². The Bertz CT molecular complexity index is 808. The molecule has 0 fully saturated rings. The Hall–Kier alpha value is -2.60. The number of nitrogens with one attached hydrogen (secondary N) is 2. The molecule has 132 valence electrons. The maximum atomic E-state index is 12.0. The van der Waals surface area contributed by atoms with E-state index in [1.807, 2.05) is 12.1 Å². The van der Waals surface area contributed by atoms with Gasteiger partial charge in [0.1, 0.15) is 17.1 Å². The average Bonchev–Trinajstić information content (AvgIpc) is 3.21. The molecule has 0 aliphatic heterocycles. The van der Waals surface area contributed by atoms with Crippen molar-refractivity contribution in [2.24, 2.45) is 0 Å². The minimum atomic E-state index is -1.39. The van der Waals surface area contributed by atoms with Gasteiger partial charge in [-0.15, -0.1) is 0 Å². The molecule has 1 aromatic carbocycles. The molecule has 1 aliphatic carbocycles. The van der Waals surface area contributed by atoms with Crippen LogP contribution in [0.1, 0.15) is 36.0 Å². The fourth-order valence-electron chi connectivity index (χ4n) is 2.98. The molecular weight excluding hydrogens is 320 g/mol. The molecule has 3 rings (SSSR count). The predicted molar refractivity (Wildman–Crippen MR) is 93.1 cm³/mol. The second-order valence-corrected chi connectivity index (χ2v) is 6.66. The molecule has 3 N–H and O–H groups in total. The van der Waals surface area contributed by atoms with E-state index in [-0.39, 0.29) is 6.54 Å². The lowest BCUT2D eigenvalue weighted by atomic mass is 10.0. The molecule has 2 amide bonds. The topological polar surface area (TPSA) is 91.6 Å². The third-order valence-corrected chi connectivity index (χ3v) is 4.43.